The Morgan fingerprint density at radius 1 is 1.03 bits per heavy atom. The van der Waals surface area contributed by atoms with Crippen LogP contribution in [0.1, 0.15) is 30.1 Å². The number of para-hydroxylation sites is 1. The Morgan fingerprint density at radius 3 is 2.34 bits per heavy atom. The Bertz CT molecular complexity index is 1440. The zero-order valence-electron chi connectivity index (χ0n) is 19.6. The number of fused-ring (bicyclic) bond motifs is 1. The van der Waals surface area contributed by atoms with E-state index in [0.717, 1.165) is 17.4 Å². The van der Waals surface area contributed by atoms with Crippen molar-refractivity contribution in [3.63, 3.8) is 0 Å². The number of nitrogens with zero attached hydrogens (tertiary/aromatic N) is 2. The number of anilines is 1. The molecule has 10 heteroatoms. The number of carbonyl (C=O) groups excluding carboxylic acids is 2. The number of aromatic nitrogens is 1. The number of pyridine rings is 1. The lowest BCUT2D eigenvalue weighted by Gasteiger charge is -2.30. The van der Waals surface area contributed by atoms with Crippen molar-refractivity contribution in [2.24, 2.45) is 5.92 Å². The van der Waals surface area contributed by atoms with Crippen LogP contribution in [0.15, 0.2) is 64.4 Å². The third-order valence-electron chi connectivity index (χ3n) is 6.24. The summed E-state index contributed by atoms with van der Waals surface area (Å²) in [5.74, 6) is -0.759. The van der Waals surface area contributed by atoms with E-state index in [1.54, 1.807) is 42.5 Å². The summed E-state index contributed by atoms with van der Waals surface area (Å²) in [7, 11) is -2.65. The van der Waals surface area contributed by atoms with Crippen LogP contribution in [0, 0.1) is 5.92 Å². The van der Waals surface area contributed by atoms with Gasteiger partial charge in [-0.2, -0.15) is 4.31 Å². The molecule has 9 nitrogen and oxygen atoms in total. The second-order valence-electron chi connectivity index (χ2n) is 8.64. The monoisotopic (exact) mass is 497 g/mol. The van der Waals surface area contributed by atoms with Crippen LogP contribution >= 0.6 is 0 Å². The van der Waals surface area contributed by atoms with Gasteiger partial charge in [-0.05, 0) is 37.0 Å². The smallest absolute Gasteiger partial charge is 0.339 e. The van der Waals surface area contributed by atoms with Crippen molar-refractivity contribution < 1.29 is 22.7 Å². The number of benzene rings is 2. The minimum Gasteiger partial charge on any atom is -0.465 e. The maximum atomic E-state index is 13.6. The molecule has 0 aliphatic carbocycles. The van der Waals surface area contributed by atoms with E-state index >= 15 is 0 Å². The van der Waals surface area contributed by atoms with E-state index in [9.17, 15) is 22.8 Å². The number of carbonyl (C=O) groups is 2. The van der Waals surface area contributed by atoms with Crippen molar-refractivity contribution in [1.29, 1.82) is 0 Å². The van der Waals surface area contributed by atoms with Gasteiger partial charge in [-0.15, -0.1) is 0 Å². The predicted molar refractivity (Wildman–Crippen MR) is 132 cm³/mol. The number of hydrogen-bond donors (Lipinski definition) is 1. The van der Waals surface area contributed by atoms with Crippen LogP contribution in [-0.4, -0.2) is 49.4 Å². The average Bonchev–Trinajstić information content (AvgIpc) is 2.85. The van der Waals surface area contributed by atoms with Crippen LogP contribution in [0.3, 0.4) is 0 Å². The van der Waals surface area contributed by atoms with Crippen LogP contribution in [-0.2, 0) is 26.1 Å². The van der Waals surface area contributed by atoms with Gasteiger partial charge in [-0.25, -0.2) is 13.2 Å². The molecule has 3 aromatic rings. The molecule has 0 atom stereocenters. The standard InChI is InChI=1S/C25H27N3O6S/c1-17-11-13-28(14-12-17)35(32,33)22-15-27(24(30)19-8-4-3-7-18(19)22)16-23(29)26-21-10-6-5-9-20(21)25(31)34-2/h3-10,15,17H,11-14,16H2,1-2H3,(H,26,29). The Kier molecular flexibility index (Phi) is 7.04. The average molecular weight is 498 g/mol. The normalized spacial score (nSPS) is 15.1. The molecular weight excluding hydrogens is 470 g/mol. The molecule has 35 heavy (non-hydrogen) atoms. The molecule has 1 aliphatic rings. The quantitative estimate of drug-likeness (QED) is 0.524. The van der Waals surface area contributed by atoms with E-state index in [4.69, 9.17) is 4.74 Å². The Morgan fingerprint density at radius 2 is 1.66 bits per heavy atom. The molecule has 0 unspecified atom stereocenters. The third-order valence-corrected chi connectivity index (χ3v) is 8.16. The van der Waals surface area contributed by atoms with Crippen molar-refractivity contribution in [3.05, 3.63) is 70.6 Å². The van der Waals surface area contributed by atoms with Crippen molar-refractivity contribution in [3.8, 4) is 0 Å². The lowest BCUT2D eigenvalue weighted by atomic mass is 10.0. The fourth-order valence-corrected chi connectivity index (χ4v) is 5.91. The fourth-order valence-electron chi connectivity index (χ4n) is 4.22. The molecule has 1 amide bonds. The van der Waals surface area contributed by atoms with Gasteiger partial charge in [0.1, 0.15) is 11.4 Å². The van der Waals surface area contributed by atoms with Gasteiger partial charge in [0.05, 0.1) is 18.4 Å². The lowest BCUT2D eigenvalue weighted by Crippen LogP contribution is -2.38. The van der Waals surface area contributed by atoms with Gasteiger partial charge in [-0.3, -0.25) is 9.59 Å². The zero-order valence-corrected chi connectivity index (χ0v) is 20.4. The van der Waals surface area contributed by atoms with E-state index in [0.29, 0.717) is 24.4 Å². The molecule has 2 heterocycles. The first-order chi connectivity index (χ1) is 16.7. The molecule has 1 saturated heterocycles. The first-order valence-corrected chi connectivity index (χ1v) is 12.8. The summed E-state index contributed by atoms with van der Waals surface area (Å²) in [6, 6.07) is 12.8. The van der Waals surface area contributed by atoms with Crippen molar-refractivity contribution in [2.75, 3.05) is 25.5 Å². The highest BCUT2D eigenvalue weighted by Crippen LogP contribution is 2.27. The van der Waals surface area contributed by atoms with Gasteiger partial charge in [0.25, 0.3) is 5.56 Å². The molecule has 184 valence electrons. The summed E-state index contributed by atoms with van der Waals surface area (Å²) in [5.41, 5.74) is -0.0894. The molecule has 1 aliphatic heterocycles. The number of esters is 1. The second kappa shape index (κ2) is 10.0. The molecule has 0 bridgehead atoms. The van der Waals surface area contributed by atoms with Crippen LogP contribution in [0.25, 0.3) is 10.8 Å². The highest BCUT2D eigenvalue weighted by molar-refractivity contribution is 7.89. The van der Waals surface area contributed by atoms with E-state index in [1.165, 1.54) is 23.7 Å². The molecule has 0 spiro atoms. The van der Waals surface area contributed by atoms with Gasteiger partial charge >= 0.3 is 5.97 Å². The Balaban J connectivity index is 1.71. The van der Waals surface area contributed by atoms with Gasteiger partial charge in [-0.1, -0.05) is 37.3 Å². The number of amides is 1. The Labute approximate surface area is 203 Å². The van der Waals surface area contributed by atoms with E-state index in [1.807, 2.05) is 0 Å². The minimum atomic E-state index is -3.89. The second-order valence-corrected chi connectivity index (χ2v) is 10.6. The summed E-state index contributed by atoms with van der Waals surface area (Å²) in [6.07, 6.45) is 2.77. The van der Waals surface area contributed by atoms with Crippen molar-refractivity contribution in [1.82, 2.24) is 8.87 Å². The van der Waals surface area contributed by atoms with Gasteiger partial charge in [0.2, 0.25) is 15.9 Å². The summed E-state index contributed by atoms with van der Waals surface area (Å²) in [4.78, 5) is 38.0. The fraction of sp³-hybridized carbons (Fsp3) is 0.320. The van der Waals surface area contributed by atoms with E-state index in [2.05, 4.69) is 12.2 Å². The molecule has 1 N–H and O–H groups in total. The Hall–Kier alpha value is -3.50. The molecule has 1 fully saturated rings. The number of ether oxygens (including phenoxy) is 1. The lowest BCUT2D eigenvalue weighted by molar-refractivity contribution is -0.116. The van der Waals surface area contributed by atoms with Crippen molar-refractivity contribution in [2.45, 2.75) is 31.2 Å². The maximum absolute atomic E-state index is 13.6. The van der Waals surface area contributed by atoms with Crippen LogP contribution in [0.4, 0.5) is 5.69 Å². The minimum absolute atomic E-state index is 0.00925. The number of piperidine rings is 1. The zero-order chi connectivity index (χ0) is 25.2. The van der Waals surface area contributed by atoms with Gasteiger partial charge in [0, 0.05) is 30.1 Å². The van der Waals surface area contributed by atoms with Gasteiger partial charge in [0.15, 0.2) is 0 Å². The van der Waals surface area contributed by atoms with E-state index in [-0.39, 0.29) is 21.5 Å². The van der Waals surface area contributed by atoms with Crippen LogP contribution in [0.2, 0.25) is 0 Å². The highest BCUT2D eigenvalue weighted by Gasteiger charge is 2.30. The SMILES string of the molecule is COC(=O)c1ccccc1NC(=O)Cn1cc(S(=O)(=O)N2CCC(C)CC2)c2ccccc2c1=O. The van der Waals surface area contributed by atoms with Crippen LogP contribution in [0.5, 0.6) is 0 Å². The third kappa shape index (κ3) is 4.98. The molecule has 0 radical (unpaired) electrons. The number of sulfonamides is 1. The first kappa shape index (κ1) is 24.6. The van der Waals surface area contributed by atoms with Crippen molar-refractivity contribution >= 4 is 38.4 Å². The summed E-state index contributed by atoms with van der Waals surface area (Å²) in [5, 5.41) is 3.15. The largest absolute Gasteiger partial charge is 0.465 e. The summed E-state index contributed by atoms with van der Waals surface area (Å²) >= 11 is 0. The number of rotatable bonds is 6. The van der Waals surface area contributed by atoms with Gasteiger partial charge < -0.3 is 14.6 Å². The summed E-state index contributed by atoms with van der Waals surface area (Å²) in [6.45, 7) is 2.47. The molecule has 1 aromatic heterocycles. The summed E-state index contributed by atoms with van der Waals surface area (Å²) < 4.78 is 34.4. The van der Waals surface area contributed by atoms with E-state index < -0.39 is 34.0 Å². The highest BCUT2D eigenvalue weighted by atomic mass is 32.2. The maximum Gasteiger partial charge on any atom is 0.339 e. The first-order valence-electron chi connectivity index (χ1n) is 11.3. The molecular formula is C25H27N3O6S. The number of nitrogens with one attached hydrogen (secondary N) is 1. The van der Waals surface area contributed by atoms with Crippen LogP contribution < -0.4 is 10.9 Å². The number of methoxy groups -OCH3 is 1. The topological polar surface area (TPSA) is 115 Å². The number of hydrogen-bond acceptors (Lipinski definition) is 6. The molecule has 0 saturated carbocycles. The molecule has 4 rings (SSSR count). The predicted octanol–water partition coefficient (Wildman–Crippen LogP) is 2.85. The molecule has 2 aromatic carbocycles.